The summed E-state index contributed by atoms with van der Waals surface area (Å²) in [7, 11) is 1.62. The number of unbranched alkanes of at least 4 members (excludes halogenated alkanes) is 1. The van der Waals surface area contributed by atoms with Crippen molar-refractivity contribution in [2.24, 2.45) is 0 Å². The lowest BCUT2D eigenvalue weighted by Gasteiger charge is -2.22. The zero-order valence-electron chi connectivity index (χ0n) is 16.9. The molecule has 0 aliphatic carbocycles. The Kier molecular flexibility index (Phi) is 7.49. The molecule has 0 saturated carbocycles. The highest BCUT2D eigenvalue weighted by Crippen LogP contribution is 2.31. The summed E-state index contributed by atoms with van der Waals surface area (Å²) < 4.78 is 0. The van der Waals surface area contributed by atoms with Gasteiger partial charge in [0.2, 0.25) is 11.9 Å². The van der Waals surface area contributed by atoms with Crippen LogP contribution in [0.15, 0.2) is 73.1 Å². The van der Waals surface area contributed by atoms with Crippen LogP contribution in [0.1, 0.15) is 29.6 Å². The Bertz CT molecular complexity index is 907. The number of hydrogen-bond donors (Lipinski definition) is 2. The fourth-order valence-electron chi connectivity index (χ4n) is 2.93. The van der Waals surface area contributed by atoms with Crippen molar-refractivity contribution in [3.05, 3.63) is 78.6 Å². The van der Waals surface area contributed by atoms with Crippen LogP contribution >= 0.6 is 0 Å². The molecule has 0 aliphatic heterocycles. The lowest BCUT2D eigenvalue weighted by Crippen LogP contribution is -2.25. The normalized spacial score (nSPS) is 10.3. The Morgan fingerprint density at radius 1 is 0.867 bits per heavy atom. The molecule has 7 heteroatoms. The summed E-state index contributed by atoms with van der Waals surface area (Å²) in [6.07, 6.45) is 4.97. The second-order valence-corrected chi connectivity index (χ2v) is 6.66. The van der Waals surface area contributed by atoms with Crippen LogP contribution < -0.4 is 15.5 Å². The van der Waals surface area contributed by atoms with E-state index in [1.807, 2.05) is 65.6 Å². The quantitative estimate of drug-likeness (QED) is 0.533. The molecule has 2 amide bonds. The molecule has 1 aromatic heterocycles. The maximum atomic E-state index is 12.3. The number of anilines is 3. The topological polar surface area (TPSA) is 87.2 Å². The predicted octanol–water partition coefficient (Wildman–Crippen LogP) is 3.59. The molecule has 0 spiro atoms. The molecular weight excluding hydrogens is 378 g/mol. The van der Waals surface area contributed by atoms with Gasteiger partial charge in [0.15, 0.2) is 0 Å². The Morgan fingerprint density at radius 2 is 1.43 bits per heavy atom. The third-order valence-electron chi connectivity index (χ3n) is 4.52. The van der Waals surface area contributed by atoms with E-state index >= 15 is 0 Å². The Hall–Kier alpha value is -3.74. The van der Waals surface area contributed by atoms with E-state index < -0.39 is 0 Å². The van der Waals surface area contributed by atoms with Gasteiger partial charge in [-0.05, 0) is 37.1 Å². The van der Waals surface area contributed by atoms with Crippen LogP contribution in [0.5, 0.6) is 0 Å². The van der Waals surface area contributed by atoms with Gasteiger partial charge in [-0.25, -0.2) is 9.97 Å². The van der Waals surface area contributed by atoms with E-state index in [1.54, 1.807) is 7.05 Å². The van der Waals surface area contributed by atoms with Gasteiger partial charge < -0.3 is 10.6 Å². The number of para-hydroxylation sites is 2. The summed E-state index contributed by atoms with van der Waals surface area (Å²) in [5, 5.41) is 5.42. The van der Waals surface area contributed by atoms with Crippen molar-refractivity contribution >= 4 is 29.1 Å². The first-order valence-electron chi connectivity index (χ1n) is 9.90. The van der Waals surface area contributed by atoms with E-state index in [0.717, 1.165) is 24.2 Å². The van der Waals surface area contributed by atoms with Crippen molar-refractivity contribution < 1.29 is 9.59 Å². The van der Waals surface area contributed by atoms with E-state index in [9.17, 15) is 9.59 Å². The number of rotatable bonds is 9. The van der Waals surface area contributed by atoms with Crippen LogP contribution in [0.25, 0.3) is 0 Å². The highest BCUT2D eigenvalue weighted by Gasteiger charge is 2.15. The van der Waals surface area contributed by atoms with Crippen LogP contribution in [0, 0.1) is 0 Å². The number of hydrogen-bond acceptors (Lipinski definition) is 5. The number of benzene rings is 2. The maximum Gasteiger partial charge on any atom is 0.254 e. The third kappa shape index (κ3) is 5.64. The van der Waals surface area contributed by atoms with Crippen molar-refractivity contribution in [2.75, 3.05) is 18.5 Å². The molecule has 0 unspecified atom stereocenters. The number of aromatic nitrogens is 2. The van der Waals surface area contributed by atoms with Crippen LogP contribution in [-0.2, 0) is 4.79 Å². The summed E-state index contributed by atoms with van der Waals surface area (Å²) >= 11 is 0. The SMILES string of the molecule is CNC(=O)CCCCNC(=O)c1cnc(N(c2ccccc2)c2ccccc2)nc1. The van der Waals surface area contributed by atoms with Gasteiger partial charge in [-0.3, -0.25) is 14.5 Å². The highest BCUT2D eigenvalue weighted by atomic mass is 16.2. The number of nitrogens with one attached hydrogen (secondary N) is 2. The lowest BCUT2D eigenvalue weighted by molar-refractivity contribution is -0.120. The average Bonchev–Trinajstić information content (AvgIpc) is 2.80. The summed E-state index contributed by atoms with van der Waals surface area (Å²) in [4.78, 5) is 34.3. The standard InChI is InChI=1S/C23H25N5O2/c1-24-21(29)14-8-9-15-25-22(30)18-16-26-23(27-17-18)28(19-10-4-2-5-11-19)20-12-6-3-7-13-20/h2-7,10-13,16-17H,8-9,14-15H2,1H3,(H,24,29)(H,25,30). The summed E-state index contributed by atoms with van der Waals surface area (Å²) in [6.45, 7) is 0.498. The van der Waals surface area contributed by atoms with Gasteiger partial charge in [0.25, 0.3) is 5.91 Å². The predicted molar refractivity (Wildman–Crippen MR) is 117 cm³/mol. The van der Waals surface area contributed by atoms with Gasteiger partial charge in [0.05, 0.1) is 5.56 Å². The van der Waals surface area contributed by atoms with Crippen molar-refractivity contribution in [1.29, 1.82) is 0 Å². The molecule has 0 fully saturated rings. The highest BCUT2D eigenvalue weighted by molar-refractivity contribution is 5.93. The number of nitrogens with zero attached hydrogens (tertiary/aromatic N) is 3. The van der Waals surface area contributed by atoms with Gasteiger partial charge in [-0.2, -0.15) is 0 Å². The van der Waals surface area contributed by atoms with Gasteiger partial charge in [-0.1, -0.05) is 36.4 Å². The first kappa shape index (κ1) is 21.0. The zero-order valence-corrected chi connectivity index (χ0v) is 16.9. The molecule has 30 heavy (non-hydrogen) atoms. The first-order chi connectivity index (χ1) is 14.7. The molecule has 0 radical (unpaired) electrons. The minimum absolute atomic E-state index is 0.00621. The molecule has 0 atom stereocenters. The Balaban J connectivity index is 1.67. The number of carbonyl (C=O) groups is 2. The smallest absolute Gasteiger partial charge is 0.254 e. The van der Waals surface area contributed by atoms with Crippen molar-refractivity contribution in [3.63, 3.8) is 0 Å². The monoisotopic (exact) mass is 403 g/mol. The van der Waals surface area contributed by atoms with Crippen LogP contribution in [0.2, 0.25) is 0 Å². The molecule has 2 aromatic carbocycles. The molecule has 3 rings (SSSR count). The van der Waals surface area contributed by atoms with Crippen molar-refractivity contribution in [2.45, 2.75) is 19.3 Å². The average molecular weight is 403 g/mol. The third-order valence-corrected chi connectivity index (χ3v) is 4.52. The second-order valence-electron chi connectivity index (χ2n) is 6.66. The van der Waals surface area contributed by atoms with Crippen LogP contribution in [0.3, 0.4) is 0 Å². The molecule has 7 nitrogen and oxygen atoms in total. The summed E-state index contributed by atoms with van der Waals surface area (Å²) in [6, 6.07) is 19.7. The Morgan fingerprint density at radius 3 is 1.97 bits per heavy atom. The fourth-order valence-corrected chi connectivity index (χ4v) is 2.93. The molecule has 0 saturated heterocycles. The Labute approximate surface area is 176 Å². The molecule has 0 aliphatic rings. The lowest BCUT2D eigenvalue weighted by atomic mass is 10.2. The van der Waals surface area contributed by atoms with Crippen molar-refractivity contribution in [1.82, 2.24) is 20.6 Å². The van der Waals surface area contributed by atoms with Gasteiger partial charge in [0, 0.05) is 43.8 Å². The molecule has 1 heterocycles. The minimum atomic E-state index is -0.229. The van der Waals surface area contributed by atoms with Gasteiger partial charge in [0.1, 0.15) is 0 Å². The van der Waals surface area contributed by atoms with Crippen LogP contribution in [-0.4, -0.2) is 35.4 Å². The molecule has 154 valence electrons. The largest absolute Gasteiger partial charge is 0.359 e. The second kappa shape index (κ2) is 10.7. The van der Waals surface area contributed by atoms with Crippen LogP contribution in [0.4, 0.5) is 17.3 Å². The minimum Gasteiger partial charge on any atom is -0.359 e. The molecule has 3 aromatic rings. The zero-order chi connectivity index (χ0) is 21.2. The maximum absolute atomic E-state index is 12.3. The molecule has 2 N–H and O–H groups in total. The summed E-state index contributed by atoms with van der Waals surface area (Å²) in [5.74, 6) is 0.258. The van der Waals surface area contributed by atoms with E-state index in [4.69, 9.17) is 0 Å². The number of carbonyl (C=O) groups excluding carboxylic acids is 2. The van der Waals surface area contributed by atoms with Gasteiger partial charge >= 0.3 is 0 Å². The molecule has 0 bridgehead atoms. The van der Waals surface area contributed by atoms with Crippen molar-refractivity contribution in [3.8, 4) is 0 Å². The van der Waals surface area contributed by atoms with E-state index in [2.05, 4.69) is 20.6 Å². The van der Waals surface area contributed by atoms with Gasteiger partial charge in [-0.15, -0.1) is 0 Å². The van der Waals surface area contributed by atoms with E-state index in [-0.39, 0.29) is 11.8 Å². The molecular formula is C23H25N5O2. The van der Waals surface area contributed by atoms with E-state index in [1.165, 1.54) is 12.4 Å². The number of amides is 2. The fraction of sp³-hybridized carbons (Fsp3) is 0.217. The first-order valence-corrected chi connectivity index (χ1v) is 9.90. The summed E-state index contributed by atoms with van der Waals surface area (Å²) in [5.41, 5.74) is 2.25. The van der Waals surface area contributed by atoms with E-state index in [0.29, 0.717) is 24.5 Å².